The fourth-order valence-electron chi connectivity index (χ4n) is 2.23. The van der Waals surface area contributed by atoms with Gasteiger partial charge in [0.05, 0.1) is 9.77 Å². The number of hydrogen-bond acceptors (Lipinski definition) is 4. The summed E-state index contributed by atoms with van der Waals surface area (Å²) in [5.74, 6) is -0.0944. The minimum Gasteiger partial charge on any atom is -0.335 e. The van der Waals surface area contributed by atoms with Crippen molar-refractivity contribution in [2.75, 3.05) is 6.54 Å². The standard InChI is InChI=1S/C11H16N2O3S2/c1-7-4-3-5-13(7)11(14)9-6-10(8(2)17-9)18(12,15)16/h6-7H,3-5H2,1-2H3,(H2,12,15,16). The van der Waals surface area contributed by atoms with Gasteiger partial charge in [0, 0.05) is 17.5 Å². The Labute approximate surface area is 111 Å². The Morgan fingerprint density at radius 2 is 2.22 bits per heavy atom. The van der Waals surface area contributed by atoms with Crippen molar-refractivity contribution >= 4 is 27.3 Å². The van der Waals surface area contributed by atoms with Gasteiger partial charge < -0.3 is 4.90 Å². The van der Waals surface area contributed by atoms with Gasteiger partial charge in [-0.15, -0.1) is 11.3 Å². The molecule has 0 saturated carbocycles. The van der Waals surface area contributed by atoms with Crippen LogP contribution in [0.15, 0.2) is 11.0 Å². The zero-order valence-corrected chi connectivity index (χ0v) is 12.0. The fraction of sp³-hybridized carbons (Fsp3) is 0.545. The maximum absolute atomic E-state index is 12.3. The molecule has 5 nitrogen and oxygen atoms in total. The van der Waals surface area contributed by atoms with Gasteiger partial charge in [-0.1, -0.05) is 0 Å². The Morgan fingerprint density at radius 1 is 1.56 bits per heavy atom. The Kier molecular flexibility index (Phi) is 3.48. The Bertz CT molecular complexity index is 577. The molecule has 1 saturated heterocycles. The topological polar surface area (TPSA) is 80.5 Å². The number of nitrogens with zero attached hydrogens (tertiary/aromatic N) is 1. The molecular formula is C11H16N2O3S2. The average molecular weight is 288 g/mol. The number of carbonyl (C=O) groups is 1. The number of rotatable bonds is 2. The molecule has 1 aliphatic heterocycles. The maximum Gasteiger partial charge on any atom is 0.264 e. The van der Waals surface area contributed by atoms with E-state index in [-0.39, 0.29) is 16.8 Å². The molecule has 0 aromatic carbocycles. The van der Waals surface area contributed by atoms with Crippen LogP contribution >= 0.6 is 11.3 Å². The van der Waals surface area contributed by atoms with Crippen LogP contribution in [-0.2, 0) is 10.0 Å². The summed E-state index contributed by atoms with van der Waals surface area (Å²) in [4.78, 5) is 15.1. The van der Waals surface area contributed by atoms with E-state index in [2.05, 4.69) is 0 Å². The Balaban J connectivity index is 2.33. The highest BCUT2D eigenvalue weighted by Gasteiger charge is 2.28. The lowest BCUT2D eigenvalue weighted by Crippen LogP contribution is -2.33. The summed E-state index contributed by atoms with van der Waals surface area (Å²) in [5, 5.41) is 5.11. The molecule has 1 atom stereocenters. The van der Waals surface area contributed by atoms with Crippen LogP contribution in [0.25, 0.3) is 0 Å². The van der Waals surface area contributed by atoms with Crippen molar-refractivity contribution in [1.82, 2.24) is 4.90 Å². The zero-order chi connectivity index (χ0) is 13.5. The second-order valence-electron chi connectivity index (χ2n) is 4.57. The highest BCUT2D eigenvalue weighted by Crippen LogP contribution is 2.28. The SMILES string of the molecule is Cc1sc(C(=O)N2CCCC2C)cc1S(N)(=O)=O. The third kappa shape index (κ3) is 2.43. The molecule has 1 aromatic rings. The number of primary sulfonamides is 1. The predicted octanol–water partition coefficient (Wildman–Crippen LogP) is 1.33. The highest BCUT2D eigenvalue weighted by atomic mass is 32.2. The second kappa shape index (κ2) is 4.64. The van der Waals surface area contributed by atoms with Crippen molar-refractivity contribution in [2.24, 2.45) is 5.14 Å². The lowest BCUT2D eigenvalue weighted by molar-refractivity contribution is 0.0752. The number of amides is 1. The molecule has 7 heteroatoms. The van der Waals surface area contributed by atoms with Gasteiger partial charge in [-0.3, -0.25) is 4.79 Å². The lowest BCUT2D eigenvalue weighted by Gasteiger charge is -2.20. The molecule has 100 valence electrons. The van der Waals surface area contributed by atoms with Crippen molar-refractivity contribution in [3.8, 4) is 0 Å². The van der Waals surface area contributed by atoms with Gasteiger partial charge in [-0.25, -0.2) is 13.6 Å². The number of hydrogen-bond donors (Lipinski definition) is 1. The third-order valence-electron chi connectivity index (χ3n) is 3.20. The summed E-state index contributed by atoms with van der Waals surface area (Å²) in [6.45, 7) is 4.40. The molecule has 1 unspecified atom stereocenters. The van der Waals surface area contributed by atoms with Gasteiger partial charge in [0.25, 0.3) is 5.91 Å². The van der Waals surface area contributed by atoms with Gasteiger partial charge in [-0.2, -0.15) is 0 Å². The molecule has 2 N–H and O–H groups in total. The van der Waals surface area contributed by atoms with Gasteiger partial charge in [0.2, 0.25) is 10.0 Å². The van der Waals surface area contributed by atoms with Crippen molar-refractivity contribution < 1.29 is 13.2 Å². The molecule has 0 radical (unpaired) electrons. The van der Waals surface area contributed by atoms with Gasteiger partial charge >= 0.3 is 0 Å². The summed E-state index contributed by atoms with van der Waals surface area (Å²) in [6.07, 6.45) is 2.00. The van der Waals surface area contributed by atoms with E-state index in [0.29, 0.717) is 9.75 Å². The van der Waals surface area contributed by atoms with Crippen LogP contribution in [0.3, 0.4) is 0 Å². The molecule has 0 bridgehead atoms. The number of thiophene rings is 1. The van der Waals surface area contributed by atoms with E-state index in [1.807, 2.05) is 6.92 Å². The average Bonchev–Trinajstić information content (AvgIpc) is 2.82. The monoisotopic (exact) mass is 288 g/mol. The molecule has 1 aliphatic rings. The van der Waals surface area contributed by atoms with Crippen LogP contribution in [0, 0.1) is 6.92 Å². The summed E-state index contributed by atoms with van der Waals surface area (Å²) < 4.78 is 22.7. The quantitative estimate of drug-likeness (QED) is 0.891. The maximum atomic E-state index is 12.3. The summed E-state index contributed by atoms with van der Waals surface area (Å²) in [7, 11) is -3.74. The smallest absolute Gasteiger partial charge is 0.264 e. The first-order chi connectivity index (χ1) is 8.30. The number of sulfonamides is 1. The molecular weight excluding hydrogens is 272 g/mol. The van der Waals surface area contributed by atoms with Gasteiger partial charge in [-0.05, 0) is 32.8 Å². The van der Waals surface area contributed by atoms with Crippen LogP contribution in [0.2, 0.25) is 0 Å². The van der Waals surface area contributed by atoms with E-state index in [1.165, 1.54) is 17.4 Å². The van der Waals surface area contributed by atoms with E-state index < -0.39 is 10.0 Å². The van der Waals surface area contributed by atoms with Crippen molar-refractivity contribution in [3.63, 3.8) is 0 Å². The lowest BCUT2D eigenvalue weighted by atomic mass is 10.2. The van der Waals surface area contributed by atoms with Crippen LogP contribution < -0.4 is 5.14 Å². The Morgan fingerprint density at radius 3 is 2.67 bits per heavy atom. The molecule has 1 fully saturated rings. The summed E-state index contributed by atoms with van der Waals surface area (Å²) in [6, 6.07) is 1.61. The number of nitrogens with two attached hydrogens (primary N) is 1. The largest absolute Gasteiger partial charge is 0.335 e. The zero-order valence-electron chi connectivity index (χ0n) is 10.3. The molecule has 2 heterocycles. The normalized spacial score (nSPS) is 20.4. The molecule has 0 aliphatic carbocycles. The molecule has 0 spiro atoms. The first kappa shape index (κ1) is 13.5. The molecule has 1 aromatic heterocycles. The second-order valence-corrected chi connectivity index (χ2v) is 7.35. The molecule has 18 heavy (non-hydrogen) atoms. The number of aryl methyl sites for hydroxylation is 1. The van der Waals surface area contributed by atoms with Crippen LogP contribution in [0.1, 0.15) is 34.3 Å². The van der Waals surface area contributed by atoms with Crippen molar-refractivity contribution in [1.29, 1.82) is 0 Å². The predicted molar refractivity (Wildman–Crippen MR) is 70.2 cm³/mol. The van der Waals surface area contributed by atoms with Crippen LogP contribution in [0.4, 0.5) is 0 Å². The van der Waals surface area contributed by atoms with Gasteiger partial charge in [0.15, 0.2) is 0 Å². The van der Waals surface area contributed by atoms with Crippen molar-refractivity contribution in [3.05, 3.63) is 15.8 Å². The summed E-state index contributed by atoms with van der Waals surface area (Å²) in [5.41, 5.74) is 0. The Hall–Kier alpha value is -0.920. The number of likely N-dealkylation sites (tertiary alicyclic amines) is 1. The highest BCUT2D eigenvalue weighted by molar-refractivity contribution is 7.89. The van der Waals surface area contributed by atoms with E-state index in [9.17, 15) is 13.2 Å². The third-order valence-corrected chi connectivity index (χ3v) is 5.41. The molecule has 1 amide bonds. The minimum absolute atomic E-state index is 0.0581. The molecule has 2 rings (SSSR count). The van der Waals surface area contributed by atoms with Crippen LogP contribution in [-0.4, -0.2) is 31.8 Å². The van der Waals surface area contributed by atoms with E-state index in [1.54, 1.807) is 11.8 Å². The summed E-state index contributed by atoms with van der Waals surface area (Å²) >= 11 is 1.19. The number of carbonyl (C=O) groups excluding carboxylic acids is 1. The van der Waals surface area contributed by atoms with Crippen LogP contribution in [0.5, 0.6) is 0 Å². The van der Waals surface area contributed by atoms with E-state index in [0.717, 1.165) is 19.4 Å². The first-order valence-electron chi connectivity index (χ1n) is 5.75. The van der Waals surface area contributed by atoms with Gasteiger partial charge in [0.1, 0.15) is 0 Å². The van der Waals surface area contributed by atoms with Crippen molar-refractivity contribution in [2.45, 2.75) is 37.6 Å². The van der Waals surface area contributed by atoms with E-state index in [4.69, 9.17) is 5.14 Å². The first-order valence-corrected chi connectivity index (χ1v) is 8.11. The fourth-order valence-corrected chi connectivity index (χ4v) is 4.33. The van der Waals surface area contributed by atoms with E-state index >= 15 is 0 Å². The minimum atomic E-state index is -3.74.